The molecule has 0 amide bonds. The molecule has 4 rings (SSSR count). The molecule has 1 aliphatic heterocycles. The van der Waals surface area contributed by atoms with Crippen molar-refractivity contribution in [3.63, 3.8) is 0 Å². The van der Waals surface area contributed by atoms with E-state index in [0.717, 1.165) is 18.7 Å². The van der Waals surface area contributed by atoms with Gasteiger partial charge in [-0.3, -0.25) is 0 Å². The molecule has 8 heteroatoms. The SMILES string of the molecule is Cn1c(/C=C(\C#N)c2ccccc2)nc2c(N3CCOCC3)nc(Cl)nc21. The average Bonchev–Trinajstić information content (AvgIpc) is 3.02. The van der Waals surface area contributed by atoms with Crippen molar-refractivity contribution in [2.45, 2.75) is 0 Å². The Morgan fingerprint density at radius 1 is 1.19 bits per heavy atom. The zero-order valence-corrected chi connectivity index (χ0v) is 15.5. The van der Waals surface area contributed by atoms with E-state index in [1.54, 1.807) is 6.08 Å². The molecule has 0 aliphatic carbocycles. The second kappa shape index (κ2) is 7.35. The molecule has 27 heavy (non-hydrogen) atoms. The van der Waals surface area contributed by atoms with Gasteiger partial charge in [0.25, 0.3) is 0 Å². The van der Waals surface area contributed by atoms with Crippen LogP contribution in [0.2, 0.25) is 5.28 Å². The molecule has 0 radical (unpaired) electrons. The number of fused-ring (bicyclic) bond motifs is 1. The summed E-state index contributed by atoms with van der Waals surface area (Å²) in [5.41, 5.74) is 2.67. The Hall–Kier alpha value is -2.95. The third-order valence-electron chi connectivity index (χ3n) is 4.50. The number of ether oxygens (including phenoxy) is 1. The van der Waals surface area contributed by atoms with Gasteiger partial charge in [-0.05, 0) is 23.2 Å². The molecule has 136 valence electrons. The number of hydrogen-bond donors (Lipinski definition) is 0. The van der Waals surface area contributed by atoms with Gasteiger partial charge in [0.05, 0.1) is 24.9 Å². The zero-order valence-electron chi connectivity index (χ0n) is 14.8. The van der Waals surface area contributed by atoms with E-state index in [1.807, 2.05) is 41.9 Å². The van der Waals surface area contributed by atoms with Crippen molar-refractivity contribution in [1.29, 1.82) is 5.26 Å². The van der Waals surface area contributed by atoms with Crippen LogP contribution >= 0.6 is 11.6 Å². The Morgan fingerprint density at radius 2 is 1.93 bits per heavy atom. The fraction of sp³-hybridized carbons (Fsp3) is 0.263. The predicted molar refractivity (Wildman–Crippen MR) is 104 cm³/mol. The normalized spacial score (nSPS) is 15.1. The molecule has 0 bridgehead atoms. The zero-order chi connectivity index (χ0) is 18.8. The first-order valence-corrected chi connectivity index (χ1v) is 8.95. The lowest BCUT2D eigenvalue weighted by molar-refractivity contribution is 0.122. The predicted octanol–water partition coefficient (Wildman–Crippen LogP) is 2.92. The second-order valence-electron chi connectivity index (χ2n) is 6.15. The molecule has 0 N–H and O–H groups in total. The number of aromatic nitrogens is 4. The van der Waals surface area contributed by atoms with Gasteiger partial charge in [0.2, 0.25) is 5.28 Å². The highest BCUT2D eigenvalue weighted by atomic mass is 35.5. The molecule has 0 spiro atoms. The lowest BCUT2D eigenvalue weighted by Gasteiger charge is -2.27. The first-order valence-electron chi connectivity index (χ1n) is 8.57. The number of aryl methyl sites for hydroxylation is 1. The summed E-state index contributed by atoms with van der Waals surface area (Å²) in [5.74, 6) is 1.32. The van der Waals surface area contributed by atoms with E-state index in [2.05, 4.69) is 20.9 Å². The molecule has 3 aromatic rings. The molecule has 1 saturated heterocycles. The van der Waals surface area contributed by atoms with Crippen molar-refractivity contribution in [1.82, 2.24) is 19.5 Å². The molecule has 3 heterocycles. The summed E-state index contributed by atoms with van der Waals surface area (Å²) in [6, 6.07) is 11.8. The number of halogens is 1. The topological polar surface area (TPSA) is 79.9 Å². The quantitative estimate of drug-likeness (QED) is 0.513. The Bertz CT molecular complexity index is 1050. The smallest absolute Gasteiger partial charge is 0.226 e. The van der Waals surface area contributed by atoms with Crippen molar-refractivity contribution in [3.8, 4) is 6.07 Å². The summed E-state index contributed by atoms with van der Waals surface area (Å²) in [4.78, 5) is 15.6. The highest BCUT2D eigenvalue weighted by Gasteiger charge is 2.21. The van der Waals surface area contributed by atoms with Crippen LogP contribution in [0.1, 0.15) is 11.4 Å². The number of morpholine rings is 1. The van der Waals surface area contributed by atoms with Gasteiger partial charge in [-0.15, -0.1) is 0 Å². The molecule has 0 saturated carbocycles. The molecule has 2 aromatic heterocycles. The van der Waals surface area contributed by atoms with Crippen LogP contribution in [0.25, 0.3) is 22.8 Å². The van der Waals surface area contributed by atoms with E-state index >= 15 is 0 Å². The summed E-state index contributed by atoms with van der Waals surface area (Å²) >= 11 is 6.16. The number of benzene rings is 1. The summed E-state index contributed by atoms with van der Waals surface area (Å²) in [6.07, 6.45) is 1.76. The van der Waals surface area contributed by atoms with Crippen molar-refractivity contribution < 1.29 is 4.74 Å². The van der Waals surface area contributed by atoms with Crippen LogP contribution in [0.5, 0.6) is 0 Å². The van der Waals surface area contributed by atoms with Crippen molar-refractivity contribution in [3.05, 3.63) is 47.0 Å². The summed E-state index contributed by atoms with van der Waals surface area (Å²) < 4.78 is 7.25. The average molecular weight is 381 g/mol. The van der Waals surface area contributed by atoms with Crippen LogP contribution in [-0.2, 0) is 11.8 Å². The maximum Gasteiger partial charge on any atom is 0.226 e. The number of hydrogen-bond acceptors (Lipinski definition) is 6. The van der Waals surface area contributed by atoms with Gasteiger partial charge in [0.15, 0.2) is 17.0 Å². The van der Waals surface area contributed by atoms with Crippen molar-refractivity contribution >= 4 is 40.2 Å². The van der Waals surface area contributed by atoms with Gasteiger partial charge in [-0.2, -0.15) is 15.2 Å². The maximum absolute atomic E-state index is 9.58. The van der Waals surface area contributed by atoms with Crippen molar-refractivity contribution in [2.24, 2.45) is 7.05 Å². The van der Waals surface area contributed by atoms with Crippen LogP contribution < -0.4 is 4.90 Å². The third kappa shape index (κ3) is 3.37. The minimum atomic E-state index is 0.172. The number of imidazole rings is 1. The lowest BCUT2D eigenvalue weighted by Crippen LogP contribution is -2.37. The first-order chi connectivity index (χ1) is 13.2. The number of rotatable bonds is 3. The standard InChI is InChI=1S/C19H17ClN6O/c1-25-15(11-14(12-21)13-5-3-2-4-6-13)22-16-17(25)23-19(20)24-18(16)26-7-9-27-10-8-26/h2-6,11H,7-10H2,1H3/b14-11+. The summed E-state index contributed by atoms with van der Waals surface area (Å²) in [7, 11) is 1.85. The van der Waals surface area contributed by atoms with Crippen molar-refractivity contribution in [2.75, 3.05) is 31.2 Å². The highest BCUT2D eigenvalue weighted by Crippen LogP contribution is 2.27. The largest absolute Gasteiger partial charge is 0.378 e. The molecule has 7 nitrogen and oxygen atoms in total. The molecular weight excluding hydrogens is 364 g/mol. The van der Waals surface area contributed by atoms with Crippen LogP contribution in [0, 0.1) is 11.3 Å². The van der Waals surface area contributed by atoms with Gasteiger partial charge in [-0.25, -0.2) is 4.98 Å². The van der Waals surface area contributed by atoms with E-state index in [9.17, 15) is 5.26 Å². The number of nitrogens with zero attached hydrogens (tertiary/aromatic N) is 6. The lowest BCUT2D eigenvalue weighted by atomic mass is 10.1. The fourth-order valence-corrected chi connectivity index (χ4v) is 3.25. The number of allylic oxidation sites excluding steroid dienone is 1. The van der Waals surface area contributed by atoms with Gasteiger partial charge < -0.3 is 14.2 Å². The van der Waals surface area contributed by atoms with Crippen LogP contribution in [0.3, 0.4) is 0 Å². The van der Waals surface area contributed by atoms with E-state index in [-0.39, 0.29) is 5.28 Å². The van der Waals surface area contributed by atoms with E-state index in [4.69, 9.17) is 21.3 Å². The molecular formula is C19H17ClN6O. The summed E-state index contributed by atoms with van der Waals surface area (Å²) in [6.45, 7) is 2.71. The van der Waals surface area contributed by atoms with Gasteiger partial charge in [0.1, 0.15) is 5.82 Å². The Morgan fingerprint density at radius 3 is 2.63 bits per heavy atom. The van der Waals surface area contributed by atoms with Crippen LogP contribution in [-0.4, -0.2) is 45.8 Å². The van der Waals surface area contributed by atoms with Gasteiger partial charge in [-0.1, -0.05) is 30.3 Å². The molecule has 0 unspecified atom stereocenters. The number of anilines is 1. The Kier molecular flexibility index (Phi) is 4.75. The van der Waals surface area contributed by atoms with Gasteiger partial charge in [0, 0.05) is 20.1 Å². The van der Waals surface area contributed by atoms with Crippen LogP contribution in [0.15, 0.2) is 30.3 Å². The molecule has 1 aromatic carbocycles. The highest BCUT2D eigenvalue weighted by molar-refractivity contribution is 6.28. The Labute approximate surface area is 161 Å². The van der Waals surface area contributed by atoms with Gasteiger partial charge >= 0.3 is 0 Å². The maximum atomic E-state index is 9.58. The molecule has 0 atom stereocenters. The van der Waals surface area contributed by atoms with Crippen LogP contribution in [0.4, 0.5) is 5.82 Å². The molecule has 1 fully saturated rings. The first kappa shape index (κ1) is 17.5. The monoisotopic (exact) mass is 380 g/mol. The van der Waals surface area contributed by atoms with E-state index in [1.165, 1.54) is 0 Å². The second-order valence-corrected chi connectivity index (χ2v) is 6.49. The minimum absolute atomic E-state index is 0.172. The fourth-order valence-electron chi connectivity index (χ4n) is 3.09. The molecule has 1 aliphatic rings. The summed E-state index contributed by atoms with van der Waals surface area (Å²) in [5, 5.41) is 9.75. The Balaban J connectivity index is 1.84. The van der Waals surface area contributed by atoms with E-state index in [0.29, 0.717) is 41.6 Å². The minimum Gasteiger partial charge on any atom is -0.378 e. The third-order valence-corrected chi connectivity index (χ3v) is 4.67. The number of nitriles is 1. The van der Waals surface area contributed by atoms with E-state index < -0.39 is 0 Å².